The number of furan rings is 1. The second-order valence-corrected chi connectivity index (χ2v) is 4.98. The maximum Gasteiger partial charge on any atom is 0.134 e. The molecule has 2 fully saturated rings. The fourth-order valence-electron chi connectivity index (χ4n) is 1.29. The van der Waals surface area contributed by atoms with Gasteiger partial charge in [-0.1, -0.05) is 0 Å². The van der Waals surface area contributed by atoms with Gasteiger partial charge in [-0.05, 0) is 26.0 Å². The van der Waals surface area contributed by atoms with Gasteiger partial charge in [-0.2, -0.15) is 0 Å². The van der Waals surface area contributed by atoms with Gasteiger partial charge in [0.1, 0.15) is 23.6 Å². The average molecular weight is 256 g/mol. The molecule has 2 aliphatic rings. The van der Waals surface area contributed by atoms with Crippen LogP contribution in [0.5, 0.6) is 0 Å². The molecule has 18 heavy (non-hydrogen) atoms. The summed E-state index contributed by atoms with van der Waals surface area (Å²) in [6, 6.07) is 3.51. The van der Waals surface area contributed by atoms with Crippen LogP contribution in [0.3, 0.4) is 0 Å². The first kappa shape index (κ1) is 13.5. The Kier molecular flexibility index (Phi) is 4.40. The lowest BCUT2D eigenvalue weighted by atomic mass is 10.1. The predicted octanol–water partition coefficient (Wildman–Crippen LogP) is 1.31. The van der Waals surface area contributed by atoms with Gasteiger partial charge in [0.15, 0.2) is 0 Å². The molecule has 1 aromatic rings. The van der Waals surface area contributed by atoms with E-state index in [1.807, 2.05) is 0 Å². The smallest absolute Gasteiger partial charge is 0.134 e. The van der Waals surface area contributed by atoms with E-state index in [0.29, 0.717) is 18.0 Å². The lowest BCUT2D eigenvalue weighted by Gasteiger charge is -2.12. The number of hydrogen-bond donors (Lipinski definition) is 1. The largest absolute Gasteiger partial charge is 0.466 e. The predicted molar refractivity (Wildman–Crippen MR) is 64.3 cm³/mol. The Bertz CT molecular complexity index is 321. The van der Waals surface area contributed by atoms with Gasteiger partial charge >= 0.3 is 0 Å². The van der Waals surface area contributed by atoms with Crippen molar-refractivity contribution in [2.45, 2.75) is 31.7 Å². The zero-order chi connectivity index (χ0) is 13.0. The van der Waals surface area contributed by atoms with Crippen molar-refractivity contribution < 1.29 is 23.7 Å². The van der Waals surface area contributed by atoms with E-state index in [0.717, 1.165) is 26.4 Å². The number of ether oxygens (including phenoxy) is 3. The first-order chi connectivity index (χ1) is 8.55. The number of hydrogen-bond acceptors (Lipinski definition) is 5. The average Bonchev–Trinajstić information content (AvgIpc) is 3.22. The van der Waals surface area contributed by atoms with Gasteiger partial charge in [-0.3, -0.25) is 0 Å². The molecular weight excluding hydrogens is 236 g/mol. The highest BCUT2D eigenvalue weighted by Crippen LogP contribution is 2.18. The molecule has 0 aliphatic carbocycles. The van der Waals surface area contributed by atoms with Gasteiger partial charge in [0, 0.05) is 0 Å². The molecule has 0 bridgehead atoms. The van der Waals surface area contributed by atoms with Crippen molar-refractivity contribution in [1.29, 1.82) is 0 Å². The van der Waals surface area contributed by atoms with Crippen LogP contribution in [0, 0.1) is 0 Å². The summed E-state index contributed by atoms with van der Waals surface area (Å²) in [6.07, 6.45) is 2.33. The Morgan fingerprint density at radius 3 is 2.11 bits per heavy atom. The summed E-state index contributed by atoms with van der Waals surface area (Å²) in [5.74, 6) is 0.600. The minimum atomic E-state index is -0.844. The second kappa shape index (κ2) is 5.84. The fourth-order valence-corrected chi connectivity index (χ4v) is 1.29. The number of epoxide rings is 2. The van der Waals surface area contributed by atoms with E-state index in [4.69, 9.17) is 18.6 Å². The lowest BCUT2D eigenvalue weighted by Crippen LogP contribution is -2.13. The van der Waals surface area contributed by atoms with E-state index in [1.54, 1.807) is 32.2 Å². The van der Waals surface area contributed by atoms with Crippen molar-refractivity contribution in [3.8, 4) is 0 Å². The van der Waals surface area contributed by atoms with Crippen LogP contribution in [0.15, 0.2) is 22.8 Å². The SMILES string of the molecule is C(OCC1CO1)C1CO1.CC(C)(O)c1ccco1. The molecule has 2 saturated heterocycles. The molecule has 5 heteroatoms. The third-order valence-corrected chi connectivity index (χ3v) is 2.54. The van der Waals surface area contributed by atoms with Gasteiger partial charge in [0.2, 0.25) is 0 Å². The first-order valence-electron chi connectivity index (χ1n) is 6.13. The maximum atomic E-state index is 9.28. The summed E-state index contributed by atoms with van der Waals surface area (Å²) in [7, 11) is 0. The Morgan fingerprint density at radius 2 is 1.83 bits per heavy atom. The molecule has 0 spiro atoms. The van der Waals surface area contributed by atoms with Gasteiger partial charge in [-0.15, -0.1) is 0 Å². The molecule has 1 N–H and O–H groups in total. The fraction of sp³-hybridized carbons (Fsp3) is 0.692. The second-order valence-electron chi connectivity index (χ2n) is 4.98. The van der Waals surface area contributed by atoms with Crippen LogP contribution in [-0.2, 0) is 19.8 Å². The molecule has 2 atom stereocenters. The van der Waals surface area contributed by atoms with Crippen LogP contribution < -0.4 is 0 Å². The monoisotopic (exact) mass is 256 g/mol. The van der Waals surface area contributed by atoms with Crippen LogP contribution >= 0.6 is 0 Å². The lowest BCUT2D eigenvalue weighted by molar-refractivity contribution is 0.0541. The summed E-state index contributed by atoms with van der Waals surface area (Å²) in [4.78, 5) is 0. The highest BCUT2D eigenvalue weighted by Gasteiger charge is 2.26. The van der Waals surface area contributed by atoms with Gasteiger partial charge in [-0.25, -0.2) is 0 Å². The van der Waals surface area contributed by atoms with Crippen molar-refractivity contribution in [2.75, 3.05) is 26.4 Å². The van der Waals surface area contributed by atoms with E-state index in [1.165, 1.54) is 0 Å². The topological polar surface area (TPSA) is 67.7 Å². The summed E-state index contributed by atoms with van der Waals surface area (Å²) >= 11 is 0. The van der Waals surface area contributed by atoms with Crippen molar-refractivity contribution in [3.63, 3.8) is 0 Å². The van der Waals surface area contributed by atoms with Crippen LogP contribution in [0.25, 0.3) is 0 Å². The van der Waals surface area contributed by atoms with E-state index < -0.39 is 5.60 Å². The molecule has 2 unspecified atom stereocenters. The van der Waals surface area contributed by atoms with E-state index in [2.05, 4.69) is 0 Å². The van der Waals surface area contributed by atoms with Crippen molar-refractivity contribution in [3.05, 3.63) is 24.2 Å². The van der Waals surface area contributed by atoms with E-state index >= 15 is 0 Å². The summed E-state index contributed by atoms with van der Waals surface area (Å²) in [6.45, 7) is 6.63. The Labute approximate surface area is 107 Å². The molecule has 102 valence electrons. The van der Waals surface area contributed by atoms with Gasteiger partial charge < -0.3 is 23.7 Å². The summed E-state index contributed by atoms with van der Waals surface area (Å²) < 4.78 is 20.1. The van der Waals surface area contributed by atoms with Crippen LogP contribution in [0.2, 0.25) is 0 Å². The summed E-state index contributed by atoms with van der Waals surface area (Å²) in [5, 5.41) is 9.28. The van der Waals surface area contributed by atoms with E-state index in [9.17, 15) is 5.11 Å². The molecular formula is C13H20O5. The number of rotatable bonds is 5. The van der Waals surface area contributed by atoms with Crippen LogP contribution in [0.1, 0.15) is 19.6 Å². The van der Waals surface area contributed by atoms with Crippen molar-refractivity contribution in [1.82, 2.24) is 0 Å². The molecule has 0 saturated carbocycles. The van der Waals surface area contributed by atoms with Crippen LogP contribution in [-0.4, -0.2) is 43.7 Å². The normalized spacial score (nSPS) is 25.3. The molecule has 5 nitrogen and oxygen atoms in total. The minimum Gasteiger partial charge on any atom is -0.466 e. The maximum absolute atomic E-state index is 9.28. The Hall–Kier alpha value is -0.880. The molecule has 2 aliphatic heterocycles. The highest BCUT2D eigenvalue weighted by molar-refractivity contribution is 5.05. The standard InChI is InChI=1S/C7H10O2.C6H10O3/c1-7(2,8)6-4-3-5-9-6;1(5-3-8-5)7-2-6-4-9-6/h3-5,8H,1-2H3;5-6H,1-4H2. The zero-order valence-corrected chi connectivity index (χ0v) is 10.8. The molecule has 3 rings (SSSR count). The Morgan fingerprint density at radius 1 is 1.28 bits per heavy atom. The van der Waals surface area contributed by atoms with Gasteiger partial charge in [0.25, 0.3) is 0 Å². The molecule has 0 radical (unpaired) electrons. The van der Waals surface area contributed by atoms with Crippen LogP contribution in [0.4, 0.5) is 0 Å². The molecule has 1 aromatic heterocycles. The van der Waals surface area contributed by atoms with E-state index in [-0.39, 0.29) is 0 Å². The van der Waals surface area contributed by atoms with Crippen molar-refractivity contribution in [2.24, 2.45) is 0 Å². The minimum absolute atomic E-state index is 0.392. The third-order valence-electron chi connectivity index (χ3n) is 2.54. The molecule has 0 aromatic carbocycles. The third kappa shape index (κ3) is 5.18. The first-order valence-corrected chi connectivity index (χ1v) is 6.13. The number of aliphatic hydroxyl groups is 1. The quantitative estimate of drug-likeness (QED) is 0.804. The molecule has 0 amide bonds. The Balaban J connectivity index is 0.000000134. The highest BCUT2D eigenvalue weighted by atomic mass is 16.6. The van der Waals surface area contributed by atoms with Crippen molar-refractivity contribution >= 4 is 0 Å². The van der Waals surface area contributed by atoms with Gasteiger partial charge in [0.05, 0.1) is 32.7 Å². The summed E-state index contributed by atoms with van der Waals surface area (Å²) in [5.41, 5.74) is -0.844. The zero-order valence-electron chi connectivity index (χ0n) is 10.8. The molecule has 3 heterocycles.